The van der Waals surface area contributed by atoms with Crippen LogP contribution in [0, 0.1) is 0 Å². The van der Waals surface area contributed by atoms with Crippen molar-refractivity contribution in [2.45, 2.75) is 11.1 Å². The molecule has 4 N–H and O–H groups in total. The molecule has 2 aliphatic rings. The summed E-state index contributed by atoms with van der Waals surface area (Å²) < 4.78 is 0. The number of para-hydroxylation sites is 4. The predicted molar refractivity (Wildman–Crippen MR) is 149 cm³/mol. The molecule has 182 valence electrons. The van der Waals surface area contributed by atoms with Gasteiger partial charge in [-0.05, 0) is 59.3 Å². The van der Waals surface area contributed by atoms with Gasteiger partial charge in [0.15, 0.2) is 22.6 Å². The van der Waals surface area contributed by atoms with E-state index in [9.17, 15) is 9.59 Å². The fourth-order valence-electron chi connectivity index (χ4n) is 6.36. The molecule has 2 aromatic heterocycles. The number of nitrogens with one attached hydrogen (secondary N) is 4. The van der Waals surface area contributed by atoms with E-state index in [1.54, 1.807) is 0 Å². The van der Waals surface area contributed by atoms with E-state index in [1.807, 2.05) is 109 Å². The maximum Gasteiger partial charge on any atom is 0.199 e. The summed E-state index contributed by atoms with van der Waals surface area (Å²) >= 11 is 0. The van der Waals surface area contributed by atoms with Gasteiger partial charge in [0.2, 0.25) is 0 Å². The van der Waals surface area contributed by atoms with Crippen LogP contribution in [0.25, 0.3) is 21.8 Å². The van der Waals surface area contributed by atoms with Crippen molar-refractivity contribution in [1.82, 2.24) is 9.97 Å². The number of H-pyrrole nitrogens is 2. The standard InChI is InChI=1S/C32H22N4O2/c37-29-21-11-3-7-15-25(21)35-31(29,27-17-19-9-1-5-13-23(19)33-27)32(28-18-20-10-2-6-14-24(20)34-28)30(38)22-12-4-8-16-26(22)36-32/h1-18,33-36H. The zero-order valence-corrected chi connectivity index (χ0v) is 20.2. The summed E-state index contributed by atoms with van der Waals surface area (Å²) in [6, 6.07) is 34.7. The number of ketones is 2. The molecule has 2 atom stereocenters. The van der Waals surface area contributed by atoms with Crippen LogP contribution in [0.4, 0.5) is 11.4 Å². The number of anilines is 2. The molecule has 0 bridgehead atoms. The van der Waals surface area contributed by atoms with Crippen LogP contribution < -0.4 is 10.6 Å². The van der Waals surface area contributed by atoms with E-state index in [-0.39, 0.29) is 11.6 Å². The van der Waals surface area contributed by atoms with Crippen LogP contribution in [0.1, 0.15) is 32.1 Å². The fraction of sp³-hybridized carbons (Fsp3) is 0.0625. The Hall–Kier alpha value is -5.10. The number of rotatable bonds is 3. The van der Waals surface area contributed by atoms with Gasteiger partial charge in [0.25, 0.3) is 0 Å². The molecule has 38 heavy (non-hydrogen) atoms. The van der Waals surface area contributed by atoms with Crippen molar-refractivity contribution in [3.63, 3.8) is 0 Å². The molecule has 6 nitrogen and oxygen atoms in total. The fourth-order valence-corrected chi connectivity index (χ4v) is 6.36. The van der Waals surface area contributed by atoms with Crippen LogP contribution in [-0.4, -0.2) is 21.5 Å². The predicted octanol–water partition coefficient (Wildman–Crippen LogP) is 6.36. The molecule has 0 saturated heterocycles. The smallest absolute Gasteiger partial charge is 0.199 e. The van der Waals surface area contributed by atoms with E-state index in [2.05, 4.69) is 20.6 Å². The normalized spacial score (nSPS) is 21.9. The van der Waals surface area contributed by atoms with Crippen LogP contribution in [-0.2, 0) is 11.1 Å². The van der Waals surface area contributed by atoms with Crippen LogP contribution >= 0.6 is 0 Å². The Kier molecular flexibility index (Phi) is 4.00. The van der Waals surface area contributed by atoms with Gasteiger partial charge in [0, 0.05) is 33.5 Å². The number of aromatic amines is 2. The Morgan fingerprint density at radius 1 is 0.474 bits per heavy atom. The molecule has 6 aromatic rings. The highest BCUT2D eigenvalue weighted by atomic mass is 16.1. The molecule has 0 saturated carbocycles. The van der Waals surface area contributed by atoms with Gasteiger partial charge < -0.3 is 20.6 Å². The van der Waals surface area contributed by atoms with Crippen molar-refractivity contribution in [3.8, 4) is 0 Å². The molecule has 0 amide bonds. The number of Topliss-reactive ketones (excluding diaryl/α,β-unsaturated/α-hetero) is 2. The summed E-state index contributed by atoms with van der Waals surface area (Å²) in [5, 5.41) is 9.08. The summed E-state index contributed by atoms with van der Waals surface area (Å²) in [7, 11) is 0. The minimum atomic E-state index is -1.51. The lowest BCUT2D eigenvalue weighted by Crippen LogP contribution is -2.63. The van der Waals surface area contributed by atoms with Gasteiger partial charge in [-0.15, -0.1) is 0 Å². The van der Waals surface area contributed by atoms with Crippen LogP contribution in [0.2, 0.25) is 0 Å². The van der Waals surface area contributed by atoms with E-state index in [0.29, 0.717) is 33.9 Å². The SMILES string of the molecule is O=C1c2ccccc2NC1(c1cc2ccccc2[nH]1)C1(c2cc3ccccc3[nH]2)Nc2ccccc2C1=O. The van der Waals surface area contributed by atoms with Gasteiger partial charge in [-0.1, -0.05) is 60.7 Å². The third kappa shape index (κ3) is 2.46. The molecule has 0 fully saturated rings. The summed E-state index contributed by atoms with van der Waals surface area (Å²) in [6.07, 6.45) is 0. The molecule has 6 heteroatoms. The third-order valence-electron chi connectivity index (χ3n) is 8.10. The van der Waals surface area contributed by atoms with Gasteiger partial charge >= 0.3 is 0 Å². The summed E-state index contributed by atoms with van der Waals surface area (Å²) in [4.78, 5) is 36.6. The first kappa shape index (κ1) is 21.0. The highest BCUT2D eigenvalue weighted by Crippen LogP contribution is 2.56. The number of benzene rings is 4. The number of aromatic nitrogens is 2. The maximum absolute atomic E-state index is 14.8. The van der Waals surface area contributed by atoms with Crippen molar-refractivity contribution in [3.05, 3.63) is 132 Å². The molecule has 0 spiro atoms. The number of carbonyl (C=O) groups excluding carboxylic acids is 2. The topological polar surface area (TPSA) is 89.8 Å². The first-order chi connectivity index (χ1) is 18.6. The maximum atomic E-state index is 14.8. The quantitative estimate of drug-likeness (QED) is 0.231. The molecule has 4 aromatic carbocycles. The van der Waals surface area contributed by atoms with Crippen molar-refractivity contribution in [2.75, 3.05) is 10.6 Å². The molecule has 2 aliphatic heterocycles. The number of hydrogen-bond acceptors (Lipinski definition) is 4. The first-order valence-corrected chi connectivity index (χ1v) is 12.6. The second-order valence-corrected chi connectivity index (χ2v) is 10.0. The van der Waals surface area contributed by atoms with Crippen LogP contribution in [0.5, 0.6) is 0 Å². The molecule has 0 aliphatic carbocycles. The zero-order valence-electron chi connectivity index (χ0n) is 20.2. The van der Waals surface area contributed by atoms with E-state index in [4.69, 9.17) is 0 Å². The molecular weight excluding hydrogens is 472 g/mol. The Labute approximate surface area is 217 Å². The van der Waals surface area contributed by atoms with Gasteiger partial charge in [-0.2, -0.15) is 0 Å². The lowest BCUT2D eigenvalue weighted by molar-refractivity contribution is 0.0734. The van der Waals surface area contributed by atoms with Crippen molar-refractivity contribution in [1.29, 1.82) is 0 Å². The minimum Gasteiger partial charge on any atom is -0.364 e. The number of carbonyl (C=O) groups is 2. The number of hydrogen-bond donors (Lipinski definition) is 4. The Balaban J connectivity index is 1.51. The Morgan fingerprint density at radius 2 is 0.868 bits per heavy atom. The van der Waals surface area contributed by atoms with E-state index in [1.165, 1.54) is 0 Å². The van der Waals surface area contributed by atoms with Crippen LogP contribution in [0.15, 0.2) is 109 Å². The monoisotopic (exact) mass is 494 g/mol. The largest absolute Gasteiger partial charge is 0.364 e. The van der Waals surface area contributed by atoms with Gasteiger partial charge in [0.05, 0.1) is 11.4 Å². The average molecular weight is 495 g/mol. The van der Waals surface area contributed by atoms with Gasteiger partial charge in [-0.3, -0.25) is 9.59 Å². The van der Waals surface area contributed by atoms with E-state index in [0.717, 1.165) is 21.8 Å². The van der Waals surface area contributed by atoms with Crippen molar-refractivity contribution < 1.29 is 9.59 Å². The molecule has 4 heterocycles. The van der Waals surface area contributed by atoms with Crippen molar-refractivity contribution >= 4 is 44.7 Å². The number of fused-ring (bicyclic) bond motifs is 4. The van der Waals surface area contributed by atoms with Gasteiger partial charge in [0.1, 0.15) is 0 Å². The highest BCUT2D eigenvalue weighted by Gasteiger charge is 2.69. The van der Waals surface area contributed by atoms with E-state index >= 15 is 0 Å². The van der Waals surface area contributed by atoms with E-state index < -0.39 is 11.1 Å². The third-order valence-corrected chi connectivity index (χ3v) is 8.10. The summed E-state index contributed by atoms with van der Waals surface area (Å²) in [5.41, 5.74) is 2.48. The van der Waals surface area contributed by atoms with Crippen LogP contribution in [0.3, 0.4) is 0 Å². The Bertz CT molecular complexity index is 1740. The zero-order chi connectivity index (χ0) is 25.5. The van der Waals surface area contributed by atoms with Gasteiger partial charge in [-0.25, -0.2) is 0 Å². The first-order valence-electron chi connectivity index (χ1n) is 12.6. The molecule has 2 unspecified atom stereocenters. The molecule has 0 radical (unpaired) electrons. The molecular formula is C32H22N4O2. The van der Waals surface area contributed by atoms with Crippen molar-refractivity contribution in [2.24, 2.45) is 0 Å². The lowest BCUT2D eigenvalue weighted by Gasteiger charge is -2.43. The molecule has 8 rings (SSSR count). The second kappa shape index (κ2) is 7.23. The second-order valence-electron chi connectivity index (χ2n) is 10.0. The lowest BCUT2D eigenvalue weighted by atomic mass is 9.67. The summed E-state index contributed by atoms with van der Waals surface area (Å²) in [5.74, 6) is -0.348. The highest BCUT2D eigenvalue weighted by molar-refractivity contribution is 6.24. The summed E-state index contributed by atoms with van der Waals surface area (Å²) in [6.45, 7) is 0. The average Bonchev–Trinajstić information content (AvgIpc) is 3.71. The minimum absolute atomic E-state index is 0.174. The Morgan fingerprint density at radius 3 is 1.29 bits per heavy atom.